The topological polar surface area (TPSA) is 133 Å². The Morgan fingerprint density at radius 1 is 1.07 bits per heavy atom. The molecule has 0 aliphatic carbocycles. The van der Waals surface area contributed by atoms with Crippen LogP contribution in [0, 0.1) is 0 Å². The Morgan fingerprint density at radius 3 is 2.38 bits per heavy atom. The van der Waals surface area contributed by atoms with Crippen LogP contribution >= 0.6 is 0 Å². The quantitative estimate of drug-likeness (QED) is 0.225. The second-order valence-corrected chi connectivity index (χ2v) is 15.6. The molecule has 2 heterocycles. The lowest BCUT2D eigenvalue weighted by Crippen LogP contribution is -2.56. The first kappa shape index (κ1) is 34.5. The van der Waals surface area contributed by atoms with Crippen molar-refractivity contribution < 1.29 is 23.1 Å². The van der Waals surface area contributed by atoms with Crippen molar-refractivity contribution >= 4 is 38.4 Å². The number of carbonyl (C=O) groups is 2. The number of aliphatic hydroxyl groups excluding tert-OH is 1. The van der Waals surface area contributed by atoms with E-state index in [0.29, 0.717) is 37.1 Å². The Labute approximate surface area is 267 Å². The van der Waals surface area contributed by atoms with Crippen molar-refractivity contribution in [3.05, 3.63) is 65.4 Å². The highest BCUT2D eigenvalue weighted by Gasteiger charge is 2.42. The molecule has 1 aliphatic rings. The fourth-order valence-corrected chi connectivity index (χ4v) is 7.55. The van der Waals surface area contributed by atoms with Crippen LogP contribution in [-0.4, -0.2) is 72.5 Å². The van der Waals surface area contributed by atoms with Gasteiger partial charge >= 0.3 is 0 Å². The van der Waals surface area contributed by atoms with E-state index in [4.69, 9.17) is 0 Å². The molecule has 2 aromatic carbocycles. The first-order valence-corrected chi connectivity index (χ1v) is 17.3. The van der Waals surface area contributed by atoms with E-state index in [0.717, 1.165) is 28.5 Å². The Hall–Kier alpha value is -3.41. The van der Waals surface area contributed by atoms with Crippen molar-refractivity contribution in [1.82, 2.24) is 20.5 Å². The second-order valence-electron chi connectivity index (χ2n) is 13.0. The van der Waals surface area contributed by atoms with Crippen molar-refractivity contribution in [2.24, 2.45) is 0 Å². The summed E-state index contributed by atoms with van der Waals surface area (Å²) in [7, 11) is -2.18. The zero-order valence-electron chi connectivity index (χ0n) is 27.6. The second kappa shape index (κ2) is 13.9. The number of carbonyl (C=O) groups excluding carboxylic acids is 2. The lowest BCUT2D eigenvalue weighted by molar-refractivity contribution is -0.126. The van der Waals surface area contributed by atoms with Gasteiger partial charge < -0.3 is 25.6 Å². The lowest BCUT2D eigenvalue weighted by atomic mass is 10.0. The minimum atomic E-state index is -3.72. The molecule has 4 N–H and O–H groups in total. The van der Waals surface area contributed by atoms with E-state index in [1.54, 1.807) is 27.0 Å². The number of benzene rings is 2. The van der Waals surface area contributed by atoms with Gasteiger partial charge in [0.15, 0.2) is 0 Å². The molecule has 0 unspecified atom stereocenters. The van der Waals surface area contributed by atoms with Crippen LogP contribution in [0.3, 0.4) is 0 Å². The molecule has 1 aromatic heterocycles. The van der Waals surface area contributed by atoms with Gasteiger partial charge in [0.25, 0.3) is 5.91 Å². The van der Waals surface area contributed by atoms with Crippen LogP contribution in [0.1, 0.15) is 75.9 Å². The number of hydrogen-bond acceptors (Lipinski definition) is 6. The van der Waals surface area contributed by atoms with Crippen LogP contribution in [0.15, 0.2) is 48.7 Å². The summed E-state index contributed by atoms with van der Waals surface area (Å²) >= 11 is 0. The molecular formula is C34H49N5O5S. The molecule has 0 spiro atoms. The van der Waals surface area contributed by atoms with Gasteiger partial charge in [-0.25, -0.2) is 8.42 Å². The summed E-state index contributed by atoms with van der Waals surface area (Å²) in [6.07, 6.45) is 3.49. The summed E-state index contributed by atoms with van der Waals surface area (Å²) in [4.78, 5) is 27.0. The molecule has 246 valence electrons. The maximum absolute atomic E-state index is 14.0. The highest BCUT2D eigenvalue weighted by molar-refractivity contribution is 7.94. The number of hydrogen-bond donors (Lipinski definition) is 4. The monoisotopic (exact) mass is 639 g/mol. The fourth-order valence-electron chi connectivity index (χ4n) is 6.11. The molecule has 0 saturated heterocycles. The van der Waals surface area contributed by atoms with Gasteiger partial charge in [-0.05, 0) is 70.2 Å². The van der Waals surface area contributed by atoms with Crippen molar-refractivity contribution in [2.75, 3.05) is 17.9 Å². The van der Waals surface area contributed by atoms with Gasteiger partial charge in [0.1, 0.15) is 10.8 Å². The van der Waals surface area contributed by atoms with Gasteiger partial charge in [-0.2, -0.15) is 0 Å². The number of aryl methyl sites for hydroxylation is 1. The average molecular weight is 640 g/mol. The van der Waals surface area contributed by atoms with E-state index in [2.05, 4.69) is 16.0 Å². The maximum atomic E-state index is 14.0. The molecule has 0 fully saturated rings. The Balaban J connectivity index is 1.69. The van der Waals surface area contributed by atoms with Crippen LogP contribution in [0.5, 0.6) is 0 Å². The van der Waals surface area contributed by atoms with Crippen LogP contribution in [0.25, 0.3) is 10.9 Å². The Kier molecular flexibility index (Phi) is 10.7. The normalized spacial score (nSPS) is 17.5. The molecule has 4 rings (SSSR count). The molecule has 0 bridgehead atoms. The molecule has 0 saturated carbocycles. The van der Waals surface area contributed by atoms with E-state index in [1.807, 2.05) is 74.9 Å². The molecule has 2 amide bonds. The van der Waals surface area contributed by atoms with Gasteiger partial charge in [-0.15, -0.1) is 0 Å². The first-order valence-electron chi connectivity index (χ1n) is 15.9. The van der Waals surface area contributed by atoms with Crippen molar-refractivity contribution in [2.45, 2.75) is 103 Å². The standard InChI is InChI=1S/C34H49N5O5S/c1-8-13-29(40)30(33(42)36-22(3)4)35-19-26(16-23-14-11-10-12-15-23)37-32(41)25-17-27-24(9-2)20-39-21-34(5,6)45(43,44)38(7)28(18-25)31(27)39/h10-12,14-15,17-18,20,22,26,29-30,35,40H,8-9,13,16,19,21H2,1-7H3,(H,36,42)(H,37,41)/t26-,29-,30-/m0/s1. The van der Waals surface area contributed by atoms with Crippen LogP contribution in [0.4, 0.5) is 5.69 Å². The number of aromatic nitrogens is 1. The predicted molar refractivity (Wildman–Crippen MR) is 180 cm³/mol. The smallest absolute Gasteiger partial charge is 0.251 e. The number of amides is 2. The van der Waals surface area contributed by atoms with Crippen LogP contribution in [-0.2, 0) is 34.2 Å². The molecule has 45 heavy (non-hydrogen) atoms. The zero-order chi connectivity index (χ0) is 33.1. The number of nitrogens with one attached hydrogen (secondary N) is 3. The number of rotatable bonds is 13. The molecule has 11 heteroatoms. The van der Waals surface area contributed by atoms with Crippen molar-refractivity contribution in [3.63, 3.8) is 0 Å². The fraction of sp³-hybridized carbons (Fsp3) is 0.529. The number of aliphatic hydroxyl groups is 1. The first-order chi connectivity index (χ1) is 21.2. The number of nitrogens with zero attached hydrogens (tertiary/aromatic N) is 2. The predicted octanol–water partition coefficient (Wildman–Crippen LogP) is 3.75. The van der Waals surface area contributed by atoms with E-state index in [-0.39, 0.29) is 24.4 Å². The lowest BCUT2D eigenvalue weighted by Gasteiger charge is -2.29. The van der Waals surface area contributed by atoms with Gasteiger partial charge in [0, 0.05) is 49.4 Å². The van der Waals surface area contributed by atoms with Gasteiger partial charge in [-0.1, -0.05) is 50.6 Å². The minimum absolute atomic E-state index is 0.0917. The minimum Gasteiger partial charge on any atom is -0.391 e. The van der Waals surface area contributed by atoms with Gasteiger partial charge in [0.2, 0.25) is 15.9 Å². The third kappa shape index (κ3) is 7.37. The van der Waals surface area contributed by atoms with E-state index in [9.17, 15) is 23.1 Å². The largest absolute Gasteiger partial charge is 0.391 e. The maximum Gasteiger partial charge on any atom is 0.251 e. The summed E-state index contributed by atoms with van der Waals surface area (Å²) in [5.41, 5.74) is 3.66. The summed E-state index contributed by atoms with van der Waals surface area (Å²) in [6, 6.07) is 11.9. The number of anilines is 1. The molecule has 3 atom stereocenters. The average Bonchev–Trinajstić information content (AvgIpc) is 3.30. The third-order valence-corrected chi connectivity index (χ3v) is 11.0. The SMILES string of the molecule is CCC[C@H](O)[C@H](NC[C@H](Cc1ccccc1)NC(=O)c1cc2c3c(c1)c(CC)cn3CC(C)(C)S(=O)(=O)N2C)C(=O)NC(C)C. The van der Waals surface area contributed by atoms with E-state index >= 15 is 0 Å². The Morgan fingerprint density at radius 2 is 1.76 bits per heavy atom. The van der Waals surface area contributed by atoms with Crippen LogP contribution < -0.4 is 20.3 Å². The number of sulfonamides is 1. The molecule has 0 radical (unpaired) electrons. The van der Waals surface area contributed by atoms with E-state index in [1.165, 1.54) is 4.31 Å². The summed E-state index contributed by atoms with van der Waals surface area (Å²) < 4.78 is 29.5. The van der Waals surface area contributed by atoms with E-state index < -0.39 is 33.0 Å². The molecule has 1 aliphatic heterocycles. The third-order valence-electron chi connectivity index (χ3n) is 8.55. The van der Waals surface area contributed by atoms with Crippen molar-refractivity contribution in [1.29, 1.82) is 0 Å². The summed E-state index contributed by atoms with van der Waals surface area (Å²) in [6.45, 7) is 11.7. The molecular weight excluding hydrogens is 590 g/mol. The van der Waals surface area contributed by atoms with Gasteiger partial charge in [0.05, 0.1) is 17.3 Å². The molecule has 3 aromatic rings. The Bertz CT molecular complexity index is 1620. The van der Waals surface area contributed by atoms with Gasteiger partial charge in [-0.3, -0.25) is 13.9 Å². The summed E-state index contributed by atoms with van der Waals surface area (Å²) in [5, 5.41) is 21.0. The zero-order valence-corrected chi connectivity index (χ0v) is 28.4. The summed E-state index contributed by atoms with van der Waals surface area (Å²) in [5.74, 6) is -0.641. The van der Waals surface area contributed by atoms with Crippen molar-refractivity contribution in [3.8, 4) is 0 Å². The highest BCUT2D eigenvalue weighted by atomic mass is 32.2. The molecule has 10 nitrogen and oxygen atoms in total. The highest BCUT2D eigenvalue weighted by Crippen LogP contribution is 2.40. The van der Waals surface area contributed by atoms with Crippen LogP contribution in [0.2, 0.25) is 0 Å².